The van der Waals surface area contributed by atoms with Crippen molar-refractivity contribution in [3.05, 3.63) is 12.2 Å². The van der Waals surface area contributed by atoms with Crippen molar-refractivity contribution in [2.24, 2.45) is 5.92 Å². The van der Waals surface area contributed by atoms with Crippen LogP contribution in [0.3, 0.4) is 0 Å². The van der Waals surface area contributed by atoms with Crippen molar-refractivity contribution in [3.8, 4) is 0 Å². The van der Waals surface area contributed by atoms with Crippen molar-refractivity contribution < 1.29 is 33.0 Å². The number of rotatable bonds is 8. The first-order valence-corrected chi connectivity index (χ1v) is 13.9. The van der Waals surface area contributed by atoms with Gasteiger partial charge < -0.3 is 23.4 Å². The minimum absolute atomic E-state index is 0.00975. The van der Waals surface area contributed by atoms with E-state index < -0.39 is 37.9 Å². The average molecular weight is 441 g/mol. The molecule has 5 atom stereocenters. The zero-order valence-electron chi connectivity index (χ0n) is 19.1. The standard InChI is InChI=1S/C22H36O7Si/c1-15-17(28-15)10-11-18(23)22(29-19-9-7-8-12-25-19)16(13-26-20(22)24)14-27-30(5,6)21(2,3)4/h10-11,15-17,19H,7-9,12-14H2,1-6H3/b11-10+/t15-,16-,17+,19?,22-/m1/s1. The summed E-state index contributed by atoms with van der Waals surface area (Å²) in [5, 5.41) is 0.00975. The van der Waals surface area contributed by atoms with Crippen LogP contribution in [0.15, 0.2) is 12.2 Å². The molecule has 3 aliphatic rings. The van der Waals surface area contributed by atoms with E-state index in [2.05, 4.69) is 33.9 Å². The van der Waals surface area contributed by atoms with Crippen LogP contribution in [0.1, 0.15) is 47.0 Å². The lowest BCUT2D eigenvalue weighted by Crippen LogP contribution is -2.55. The van der Waals surface area contributed by atoms with Gasteiger partial charge in [0.2, 0.25) is 5.60 Å². The van der Waals surface area contributed by atoms with E-state index in [4.69, 9.17) is 23.4 Å². The van der Waals surface area contributed by atoms with Crippen LogP contribution in [0.5, 0.6) is 0 Å². The minimum Gasteiger partial charge on any atom is -0.463 e. The third kappa shape index (κ3) is 4.88. The van der Waals surface area contributed by atoms with Gasteiger partial charge in [0.25, 0.3) is 0 Å². The Morgan fingerprint density at radius 1 is 1.30 bits per heavy atom. The van der Waals surface area contributed by atoms with E-state index in [0.29, 0.717) is 13.0 Å². The molecule has 0 spiro atoms. The van der Waals surface area contributed by atoms with Gasteiger partial charge in [0.15, 0.2) is 20.4 Å². The Labute approximate surface area is 180 Å². The summed E-state index contributed by atoms with van der Waals surface area (Å²) in [6.07, 6.45) is 4.99. The summed E-state index contributed by atoms with van der Waals surface area (Å²) in [7, 11) is -2.08. The zero-order chi connectivity index (χ0) is 22.2. The van der Waals surface area contributed by atoms with E-state index in [1.165, 1.54) is 6.08 Å². The van der Waals surface area contributed by atoms with Gasteiger partial charge in [-0.2, -0.15) is 0 Å². The molecule has 0 aromatic rings. The summed E-state index contributed by atoms with van der Waals surface area (Å²) >= 11 is 0. The number of carbonyl (C=O) groups is 2. The lowest BCUT2D eigenvalue weighted by Gasteiger charge is -2.39. The topological polar surface area (TPSA) is 83.6 Å². The van der Waals surface area contributed by atoms with Gasteiger partial charge in [-0.1, -0.05) is 20.8 Å². The van der Waals surface area contributed by atoms with Crippen LogP contribution in [-0.4, -0.2) is 64.0 Å². The highest BCUT2D eigenvalue weighted by Gasteiger charge is 2.60. The highest BCUT2D eigenvalue weighted by Crippen LogP contribution is 2.40. The minimum atomic E-state index is -2.08. The van der Waals surface area contributed by atoms with E-state index >= 15 is 0 Å². The average Bonchev–Trinajstić information content (AvgIpc) is 3.30. The fourth-order valence-electron chi connectivity index (χ4n) is 3.48. The van der Waals surface area contributed by atoms with Crippen LogP contribution in [0, 0.1) is 5.92 Å². The van der Waals surface area contributed by atoms with Crippen LogP contribution < -0.4 is 0 Å². The molecule has 3 rings (SSSR count). The van der Waals surface area contributed by atoms with E-state index in [0.717, 1.165) is 12.8 Å². The van der Waals surface area contributed by atoms with Crippen molar-refractivity contribution >= 4 is 20.1 Å². The van der Waals surface area contributed by atoms with Gasteiger partial charge >= 0.3 is 5.97 Å². The maximum atomic E-state index is 13.4. The molecule has 0 N–H and O–H groups in total. The molecule has 7 nitrogen and oxygen atoms in total. The maximum absolute atomic E-state index is 13.4. The quantitative estimate of drug-likeness (QED) is 0.188. The molecular weight excluding hydrogens is 404 g/mol. The largest absolute Gasteiger partial charge is 0.463 e. The van der Waals surface area contributed by atoms with Crippen LogP contribution in [0.25, 0.3) is 0 Å². The smallest absolute Gasteiger partial charge is 0.347 e. The predicted molar refractivity (Wildman–Crippen MR) is 113 cm³/mol. The molecular formula is C22H36O7Si. The monoisotopic (exact) mass is 440 g/mol. The van der Waals surface area contributed by atoms with Crippen molar-refractivity contribution in [1.29, 1.82) is 0 Å². The number of ketones is 1. The Kier molecular flexibility index (Phi) is 6.94. The Hall–Kier alpha value is -1.06. The second-order valence-corrected chi connectivity index (χ2v) is 14.9. The summed E-state index contributed by atoms with van der Waals surface area (Å²) in [5.74, 6) is -1.61. The normalized spacial score (nSPS) is 34.9. The number of epoxide rings is 1. The zero-order valence-corrected chi connectivity index (χ0v) is 20.1. The first-order chi connectivity index (χ1) is 14.0. The third-order valence-corrected chi connectivity index (χ3v) is 11.3. The number of hydrogen-bond donors (Lipinski definition) is 0. The van der Waals surface area contributed by atoms with Crippen LogP contribution >= 0.6 is 0 Å². The molecule has 0 aliphatic carbocycles. The highest BCUT2D eigenvalue weighted by molar-refractivity contribution is 6.74. The molecule has 3 fully saturated rings. The molecule has 30 heavy (non-hydrogen) atoms. The van der Waals surface area contributed by atoms with Gasteiger partial charge in [0.05, 0.1) is 12.0 Å². The van der Waals surface area contributed by atoms with Gasteiger partial charge in [-0.25, -0.2) is 4.79 Å². The second kappa shape index (κ2) is 8.82. The van der Waals surface area contributed by atoms with Gasteiger partial charge in [0, 0.05) is 13.2 Å². The second-order valence-electron chi connectivity index (χ2n) is 10.0. The van der Waals surface area contributed by atoms with Crippen LogP contribution in [-0.2, 0) is 33.0 Å². The molecule has 3 saturated heterocycles. The maximum Gasteiger partial charge on any atom is 0.347 e. The van der Waals surface area contributed by atoms with Crippen LogP contribution in [0.4, 0.5) is 0 Å². The number of ether oxygens (including phenoxy) is 4. The summed E-state index contributed by atoms with van der Waals surface area (Å²) in [6.45, 7) is 13.6. The molecule has 3 heterocycles. The van der Waals surface area contributed by atoms with Gasteiger partial charge in [0.1, 0.15) is 12.7 Å². The molecule has 0 saturated carbocycles. The molecule has 8 heteroatoms. The molecule has 170 valence electrons. The van der Waals surface area contributed by atoms with Crippen LogP contribution in [0.2, 0.25) is 18.1 Å². The third-order valence-electron chi connectivity index (χ3n) is 6.76. The Balaban J connectivity index is 1.83. The van der Waals surface area contributed by atoms with E-state index in [1.807, 2.05) is 6.92 Å². The van der Waals surface area contributed by atoms with Crippen molar-refractivity contribution in [1.82, 2.24) is 0 Å². The van der Waals surface area contributed by atoms with E-state index in [1.54, 1.807) is 6.08 Å². The van der Waals surface area contributed by atoms with Gasteiger partial charge in [-0.15, -0.1) is 0 Å². The van der Waals surface area contributed by atoms with E-state index in [-0.39, 0.29) is 30.5 Å². The van der Waals surface area contributed by atoms with Crippen molar-refractivity contribution in [3.63, 3.8) is 0 Å². The number of cyclic esters (lactones) is 1. The lowest BCUT2D eigenvalue weighted by molar-refractivity contribution is -0.228. The Morgan fingerprint density at radius 2 is 2.00 bits per heavy atom. The van der Waals surface area contributed by atoms with E-state index in [9.17, 15) is 9.59 Å². The molecule has 1 unspecified atom stereocenters. The number of hydrogen-bond acceptors (Lipinski definition) is 7. The summed E-state index contributed by atoms with van der Waals surface area (Å²) in [4.78, 5) is 26.3. The molecule has 0 aromatic carbocycles. The number of esters is 1. The predicted octanol–water partition coefficient (Wildman–Crippen LogP) is 3.38. The van der Waals surface area contributed by atoms with Gasteiger partial charge in [-0.05, 0) is 56.5 Å². The first kappa shape index (κ1) is 23.6. The summed E-state index contributed by atoms with van der Waals surface area (Å²) < 4.78 is 28.9. The first-order valence-electron chi connectivity index (χ1n) is 11.0. The Bertz CT molecular complexity index is 677. The van der Waals surface area contributed by atoms with Gasteiger partial charge in [-0.3, -0.25) is 4.79 Å². The summed E-state index contributed by atoms with van der Waals surface area (Å²) in [5.41, 5.74) is -1.74. The molecule has 0 radical (unpaired) electrons. The fourth-order valence-corrected chi connectivity index (χ4v) is 4.54. The number of carbonyl (C=O) groups excluding carboxylic acids is 2. The van der Waals surface area contributed by atoms with Crippen molar-refractivity contribution in [2.75, 3.05) is 19.8 Å². The highest BCUT2D eigenvalue weighted by atomic mass is 28.4. The lowest BCUT2D eigenvalue weighted by atomic mass is 9.85. The fraction of sp³-hybridized carbons (Fsp3) is 0.818. The molecule has 0 bridgehead atoms. The molecule has 0 aromatic heterocycles. The molecule has 3 aliphatic heterocycles. The SMILES string of the molecule is C[C@H]1O[C@H]1/C=C/C(=O)[C@@]1(OC2CCCCO2)C(=O)OC[C@@H]1CO[Si](C)(C)C(C)(C)C. The van der Waals surface area contributed by atoms with Crippen molar-refractivity contribution in [2.45, 2.75) is 89.2 Å². The molecule has 0 amide bonds. The Morgan fingerprint density at radius 3 is 2.57 bits per heavy atom. The summed E-state index contributed by atoms with van der Waals surface area (Å²) in [6, 6.07) is 0.